The Hall–Kier alpha value is -3.75. The number of hydrogen-bond donors (Lipinski definition) is 3. The molecule has 0 unspecified atom stereocenters. The number of H-pyrrole nitrogens is 1. The fourth-order valence-corrected chi connectivity index (χ4v) is 5.51. The van der Waals surface area contributed by atoms with Gasteiger partial charge in [-0.25, -0.2) is 4.79 Å². The maximum absolute atomic E-state index is 13.3. The lowest BCUT2D eigenvalue weighted by molar-refractivity contribution is 0.170. The molecule has 2 aliphatic heterocycles. The Kier molecular flexibility index (Phi) is 5.47. The van der Waals surface area contributed by atoms with E-state index in [-0.39, 0.29) is 24.6 Å². The molecule has 2 aromatic carbocycles. The van der Waals surface area contributed by atoms with E-state index in [0.717, 1.165) is 52.2 Å². The highest BCUT2D eigenvalue weighted by Gasteiger charge is 2.41. The molecule has 0 radical (unpaired) electrons. The summed E-state index contributed by atoms with van der Waals surface area (Å²) in [5, 5.41) is 21.4. The quantitative estimate of drug-likeness (QED) is 0.415. The Labute approximate surface area is 203 Å². The summed E-state index contributed by atoms with van der Waals surface area (Å²) in [7, 11) is 0. The maximum Gasteiger partial charge on any atom is 0.322 e. The monoisotopic (exact) mass is 468 g/mol. The summed E-state index contributed by atoms with van der Waals surface area (Å²) in [5.74, 6) is 0.183. The molecule has 2 aromatic heterocycles. The highest BCUT2D eigenvalue weighted by molar-refractivity contribution is 6.00. The number of aromatic amines is 1. The van der Waals surface area contributed by atoms with Gasteiger partial charge in [0.2, 0.25) is 0 Å². The van der Waals surface area contributed by atoms with Gasteiger partial charge in [-0.05, 0) is 42.3 Å². The molecule has 6 rings (SSSR count). The third-order valence-corrected chi connectivity index (χ3v) is 7.21. The van der Waals surface area contributed by atoms with Crippen molar-refractivity contribution in [2.45, 2.75) is 25.4 Å². The van der Waals surface area contributed by atoms with Gasteiger partial charge in [-0.15, -0.1) is 0 Å². The molecular formula is C27H28N6O2. The molecule has 1 fully saturated rings. The van der Waals surface area contributed by atoms with E-state index in [4.69, 9.17) is 0 Å². The summed E-state index contributed by atoms with van der Waals surface area (Å²) in [6.45, 7) is 4.77. The Balaban J connectivity index is 1.36. The number of nitrogens with one attached hydrogen (secondary N) is 2. The largest absolute Gasteiger partial charge is 0.395 e. The zero-order valence-corrected chi connectivity index (χ0v) is 19.6. The van der Waals surface area contributed by atoms with Crippen LogP contribution < -0.4 is 5.32 Å². The number of carbonyl (C=O) groups is 1. The maximum atomic E-state index is 13.3. The lowest BCUT2D eigenvalue weighted by Gasteiger charge is -2.36. The average molecular weight is 469 g/mol. The molecule has 0 saturated carbocycles. The van der Waals surface area contributed by atoms with Crippen LogP contribution >= 0.6 is 0 Å². The van der Waals surface area contributed by atoms with E-state index in [2.05, 4.69) is 43.6 Å². The van der Waals surface area contributed by atoms with Gasteiger partial charge < -0.3 is 15.3 Å². The van der Waals surface area contributed by atoms with Gasteiger partial charge in [0.05, 0.1) is 18.2 Å². The first kappa shape index (κ1) is 21.8. The highest BCUT2D eigenvalue weighted by Crippen LogP contribution is 2.37. The molecule has 2 aliphatic rings. The van der Waals surface area contributed by atoms with Gasteiger partial charge in [-0.1, -0.05) is 30.3 Å². The van der Waals surface area contributed by atoms with Crippen molar-refractivity contribution >= 4 is 22.6 Å². The molecule has 2 amide bonds. The van der Waals surface area contributed by atoms with Crippen molar-refractivity contribution < 1.29 is 9.90 Å². The zero-order valence-electron chi connectivity index (χ0n) is 19.6. The molecular weight excluding hydrogens is 440 g/mol. The van der Waals surface area contributed by atoms with Crippen molar-refractivity contribution in [3.05, 3.63) is 77.6 Å². The number of anilines is 1. The number of nitrogens with zero attached hydrogens (tertiary/aromatic N) is 4. The second-order valence-electron chi connectivity index (χ2n) is 9.44. The summed E-state index contributed by atoms with van der Waals surface area (Å²) in [6, 6.07) is 18.4. The summed E-state index contributed by atoms with van der Waals surface area (Å²) in [4.78, 5) is 21.8. The number of rotatable bonds is 5. The fourth-order valence-electron chi connectivity index (χ4n) is 5.51. The van der Waals surface area contributed by atoms with Crippen molar-refractivity contribution in [3.63, 3.8) is 0 Å². The number of amides is 2. The average Bonchev–Trinajstić information content (AvgIpc) is 3.47. The third kappa shape index (κ3) is 3.94. The molecule has 8 nitrogen and oxygen atoms in total. The second kappa shape index (κ2) is 8.79. The number of carbonyl (C=O) groups excluding carboxylic acids is 1. The summed E-state index contributed by atoms with van der Waals surface area (Å²) in [6.07, 6.45) is 1.80. The van der Waals surface area contributed by atoms with Gasteiger partial charge in [-0.3, -0.25) is 15.0 Å². The molecule has 4 aromatic rings. The van der Waals surface area contributed by atoms with E-state index in [1.165, 1.54) is 5.56 Å². The number of likely N-dealkylation sites (tertiary alicyclic amines) is 1. The molecule has 178 valence electrons. The van der Waals surface area contributed by atoms with Crippen LogP contribution in [0, 0.1) is 6.92 Å². The number of pyridine rings is 1. The van der Waals surface area contributed by atoms with E-state index in [1.54, 1.807) is 6.20 Å². The van der Waals surface area contributed by atoms with E-state index < -0.39 is 0 Å². The predicted molar refractivity (Wildman–Crippen MR) is 135 cm³/mol. The van der Waals surface area contributed by atoms with Crippen LogP contribution in [-0.4, -0.2) is 68.4 Å². The molecule has 3 N–H and O–H groups in total. The first-order valence-electron chi connectivity index (χ1n) is 12.0. The Morgan fingerprint density at radius 1 is 1.11 bits per heavy atom. The van der Waals surface area contributed by atoms with Crippen molar-refractivity contribution in [2.24, 2.45) is 0 Å². The molecule has 4 heterocycles. The lowest BCUT2D eigenvalue weighted by Crippen LogP contribution is -2.48. The Bertz CT molecular complexity index is 1390. The van der Waals surface area contributed by atoms with Crippen LogP contribution in [0.4, 0.5) is 10.5 Å². The normalized spacial score (nSPS) is 20.3. The molecule has 0 bridgehead atoms. The minimum Gasteiger partial charge on any atom is -0.395 e. The van der Waals surface area contributed by atoms with E-state index >= 15 is 0 Å². The minimum absolute atomic E-state index is 0.0134. The minimum atomic E-state index is -0.0851. The SMILES string of the molecule is Cc1cc(-c2n[nH]c3cc4c(cc23)CN([C@@H]2CN(CCO)C[C@H]2c2ccccc2)C(=O)N4)ccn1. The van der Waals surface area contributed by atoms with Gasteiger partial charge in [-0.2, -0.15) is 5.10 Å². The van der Waals surface area contributed by atoms with Crippen LogP contribution in [0.1, 0.15) is 22.7 Å². The predicted octanol–water partition coefficient (Wildman–Crippen LogP) is 3.74. The van der Waals surface area contributed by atoms with Crippen LogP contribution in [0.2, 0.25) is 0 Å². The molecule has 35 heavy (non-hydrogen) atoms. The molecule has 0 aliphatic carbocycles. The second-order valence-corrected chi connectivity index (χ2v) is 9.44. The smallest absolute Gasteiger partial charge is 0.322 e. The van der Waals surface area contributed by atoms with Crippen LogP contribution in [0.15, 0.2) is 60.8 Å². The number of urea groups is 1. The van der Waals surface area contributed by atoms with Crippen LogP contribution in [0.25, 0.3) is 22.2 Å². The Morgan fingerprint density at radius 2 is 1.97 bits per heavy atom. The first-order chi connectivity index (χ1) is 17.1. The van der Waals surface area contributed by atoms with Crippen LogP contribution in [0.3, 0.4) is 0 Å². The topological polar surface area (TPSA) is 97.4 Å². The van der Waals surface area contributed by atoms with E-state index in [1.807, 2.05) is 48.2 Å². The highest BCUT2D eigenvalue weighted by atomic mass is 16.3. The standard InChI is InChI=1S/C27H28N6O2/c1-17-11-19(7-8-28-17)26-21-12-20-14-33(27(35)29-23(20)13-24(21)30-31-26)25-16-32(9-10-34)15-22(25)18-5-3-2-4-6-18/h2-8,11-13,22,25,34H,9-10,14-16H2,1H3,(H,29,35)(H,30,31)/t22-,25+/m0/s1. The number of aromatic nitrogens is 3. The van der Waals surface area contributed by atoms with Crippen molar-refractivity contribution in [3.8, 4) is 11.3 Å². The molecule has 2 atom stereocenters. The van der Waals surface area contributed by atoms with Gasteiger partial charge >= 0.3 is 6.03 Å². The number of hydrogen-bond acceptors (Lipinski definition) is 5. The lowest BCUT2D eigenvalue weighted by atomic mass is 9.92. The summed E-state index contributed by atoms with van der Waals surface area (Å²) >= 11 is 0. The van der Waals surface area contributed by atoms with Crippen LogP contribution in [0.5, 0.6) is 0 Å². The first-order valence-corrected chi connectivity index (χ1v) is 12.0. The van der Waals surface area contributed by atoms with E-state index in [9.17, 15) is 9.90 Å². The number of fused-ring (bicyclic) bond motifs is 2. The van der Waals surface area contributed by atoms with Crippen molar-refractivity contribution in [1.29, 1.82) is 0 Å². The number of aliphatic hydroxyl groups is 1. The fraction of sp³-hybridized carbons (Fsp3) is 0.296. The van der Waals surface area contributed by atoms with Gasteiger partial charge in [0, 0.05) is 60.6 Å². The number of aryl methyl sites for hydroxylation is 1. The summed E-state index contributed by atoms with van der Waals surface area (Å²) in [5.41, 5.74) is 6.83. The third-order valence-electron chi connectivity index (χ3n) is 7.21. The van der Waals surface area contributed by atoms with Crippen LogP contribution in [-0.2, 0) is 6.54 Å². The molecule has 1 saturated heterocycles. The number of aliphatic hydroxyl groups excluding tert-OH is 1. The molecule has 0 spiro atoms. The van der Waals surface area contributed by atoms with Gasteiger partial charge in [0.15, 0.2) is 0 Å². The summed E-state index contributed by atoms with van der Waals surface area (Å²) < 4.78 is 0. The Morgan fingerprint density at radius 3 is 2.77 bits per heavy atom. The van der Waals surface area contributed by atoms with Crippen molar-refractivity contribution in [1.82, 2.24) is 25.0 Å². The number of benzene rings is 2. The van der Waals surface area contributed by atoms with E-state index in [0.29, 0.717) is 13.1 Å². The van der Waals surface area contributed by atoms with Gasteiger partial charge in [0.1, 0.15) is 5.69 Å². The number of β-amino-alcohol motifs (C(OH)–C–C–N with tert-alkyl or cyclic N) is 1. The molecule has 8 heteroatoms. The van der Waals surface area contributed by atoms with Crippen molar-refractivity contribution in [2.75, 3.05) is 31.6 Å². The zero-order chi connectivity index (χ0) is 23.9. The van der Waals surface area contributed by atoms with Gasteiger partial charge in [0.25, 0.3) is 0 Å².